The Hall–Kier alpha value is -1.30. The van der Waals surface area contributed by atoms with E-state index < -0.39 is 0 Å². The maximum atomic E-state index is 11.8. The summed E-state index contributed by atoms with van der Waals surface area (Å²) in [5, 5.41) is 0. The highest BCUT2D eigenvalue weighted by Gasteiger charge is 2.44. The summed E-state index contributed by atoms with van der Waals surface area (Å²) in [7, 11) is 0. The number of nitrogens with zero attached hydrogens (tertiary/aromatic N) is 1. The van der Waals surface area contributed by atoms with E-state index in [9.17, 15) is 9.59 Å². The van der Waals surface area contributed by atoms with Gasteiger partial charge in [-0.05, 0) is 25.7 Å². The van der Waals surface area contributed by atoms with Gasteiger partial charge in [-0.25, -0.2) is 0 Å². The normalized spacial score (nSPS) is 29.4. The van der Waals surface area contributed by atoms with Gasteiger partial charge in [0.15, 0.2) is 0 Å². The van der Waals surface area contributed by atoms with E-state index in [1.165, 1.54) is 4.90 Å². The predicted molar refractivity (Wildman–Crippen MR) is 55.6 cm³/mol. The van der Waals surface area contributed by atoms with Gasteiger partial charge in [-0.1, -0.05) is 0 Å². The highest BCUT2D eigenvalue weighted by molar-refractivity contribution is 6.00. The molecule has 1 aliphatic carbocycles. The van der Waals surface area contributed by atoms with E-state index in [2.05, 4.69) is 5.92 Å². The monoisotopic (exact) mass is 205 g/mol. The van der Waals surface area contributed by atoms with E-state index >= 15 is 0 Å². The molecule has 0 spiro atoms. The quantitative estimate of drug-likeness (QED) is 0.394. The molecule has 1 saturated carbocycles. The van der Waals surface area contributed by atoms with Crippen molar-refractivity contribution in [3.63, 3.8) is 0 Å². The fraction of sp³-hybridized carbons (Fsp3) is 0.667. The van der Waals surface area contributed by atoms with E-state index in [4.69, 9.17) is 6.42 Å². The van der Waals surface area contributed by atoms with Crippen molar-refractivity contribution >= 4 is 11.8 Å². The standard InChI is InChI=1S/C12H15NO2/c1-2-3-4-7-13-11(14)9-5-6-10(8-9)12(13)15/h1,9-10H,3-8H2. The minimum absolute atomic E-state index is 0.0331. The SMILES string of the molecule is C#CCCCN1C(=O)C2CCC(C2)C1=O. The molecule has 2 bridgehead atoms. The molecule has 0 aromatic heterocycles. The van der Waals surface area contributed by atoms with E-state index in [1.54, 1.807) is 0 Å². The maximum absolute atomic E-state index is 11.8. The number of terminal acetylenes is 1. The van der Waals surface area contributed by atoms with Gasteiger partial charge in [0.25, 0.3) is 0 Å². The molecule has 15 heavy (non-hydrogen) atoms. The zero-order valence-electron chi connectivity index (χ0n) is 8.74. The van der Waals surface area contributed by atoms with E-state index in [0.29, 0.717) is 13.0 Å². The Kier molecular flexibility index (Phi) is 2.77. The molecule has 1 heterocycles. The average molecular weight is 205 g/mol. The highest BCUT2D eigenvalue weighted by atomic mass is 16.2. The lowest BCUT2D eigenvalue weighted by Gasteiger charge is -2.29. The molecule has 1 aliphatic heterocycles. The number of fused-ring (bicyclic) bond motifs is 2. The van der Waals surface area contributed by atoms with Gasteiger partial charge in [-0.15, -0.1) is 12.3 Å². The molecule has 2 amide bonds. The molecular formula is C12H15NO2. The number of hydrogen-bond donors (Lipinski definition) is 0. The van der Waals surface area contributed by atoms with Crippen molar-refractivity contribution in [2.75, 3.05) is 6.54 Å². The third-order valence-corrected chi connectivity index (χ3v) is 3.37. The summed E-state index contributed by atoms with van der Waals surface area (Å²) < 4.78 is 0. The number of piperidine rings is 1. The number of rotatable bonds is 3. The van der Waals surface area contributed by atoms with Crippen LogP contribution in [0, 0.1) is 24.2 Å². The van der Waals surface area contributed by atoms with Crippen LogP contribution in [0.2, 0.25) is 0 Å². The first-order chi connectivity index (χ1) is 7.24. The molecule has 0 N–H and O–H groups in total. The number of carbonyl (C=O) groups is 2. The van der Waals surface area contributed by atoms with Crippen LogP contribution >= 0.6 is 0 Å². The van der Waals surface area contributed by atoms with Crippen molar-refractivity contribution in [1.29, 1.82) is 0 Å². The molecule has 2 atom stereocenters. The van der Waals surface area contributed by atoms with Gasteiger partial charge in [0.05, 0.1) is 0 Å². The van der Waals surface area contributed by atoms with Crippen molar-refractivity contribution < 1.29 is 9.59 Å². The molecule has 80 valence electrons. The van der Waals surface area contributed by atoms with Crippen molar-refractivity contribution in [2.24, 2.45) is 11.8 Å². The third-order valence-electron chi connectivity index (χ3n) is 3.37. The van der Waals surface area contributed by atoms with E-state index in [-0.39, 0.29) is 23.7 Å². The van der Waals surface area contributed by atoms with Crippen LogP contribution in [0.15, 0.2) is 0 Å². The molecule has 3 heteroatoms. The number of carbonyl (C=O) groups excluding carboxylic acids is 2. The van der Waals surface area contributed by atoms with Crippen molar-refractivity contribution in [3.05, 3.63) is 0 Å². The van der Waals surface area contributed by atoms with Crippen molar-refractivity contribution in [3.8, 4) is 12.3 Å². The topological polar surface area (TPSA) is 37.4 Å². The Bertz CT molecular complexity index is 307. The first-order valence-corrected chi connectivity index (χ1v) is 5.52. The zero-order chi connectivity index (χ0) is 10.8. The van der Waals surface area contributed by atoms with Gasteiger partial charge < -0.3 is 0 Å². The molecule has 2 fully saturated rings. The van der Waals surface area contributed by atoms with Crippen molar-refractivity contribution in [2.45, 2.75) is 32.1 Å². The molecule has 0 aromatic carbocycles. The lowest BCUT2D eigenvalue weighted by atomic mass is 9.97. The fourth-order valence-electron chi connectivity index (χ4n) is 2.54. The van der Waals surface area contributed by atoms with Crippen LogP contribution in [0.3, 0.4) is 0 Å². The predicted octanol–water partition coefficient (Wildman–Crippen LogP) is 1.18. The molecule has 1 saturated heterocycles. The van der Waals surface area contributed by atoms with Gasteiger partial charge in [0.1, 0.15) is 0 Å². The van der Waals surface area contributed by atoms with Gasteiger partial charge in [-0.2, -0.15) is 0 Å². The van der Waals surface area contributed by atoms with Gasteiger partial charge >= 0.3 is 0 Å². The first kappa shape index (κ1) is 10.2. The Morgan fingerprint density at radius 2 is 1.87 bits per heavy atom. The third kappa shape index (κ3) is 1.77. The molecule has 2 aliphatic rings. The maximum Gasteiger partial charge on any atom is 0.232 e. The summed E-state index contributed by atoms with van der Waals surface area (Å²) in [6.45, 7) is 0.509. The summed E-state index contributed by atoms with van der Waals surface area (Å²) in [5.41, 5.74) is 0. The second-order valence-electron chi connectivity index (χ2n) is 4.34. The van der Waals surface area contributed by atoms with Crippen LogP contribution in [0.1, 0.15) is 32.1 Å². The summed E-state index contributed by atoms with van der Waals surface area (Å²) in [5.74, 6) is 2.81. The molecule has 3 nitrogen and oxygen atoms in total. The molecule has 2 rings (SSSR count). The minimum atomic E-state index is 0.0331. The van der Waals surface area contributed by atoms with Crippen LogP contribution in [-0.2, 0) is 9.59 Å². The van der Waals surface area contributed by atoms with Gasteiger partial charge in [0, 0.05) is 24.8 Å². The number of imide groups is 1. The zero-order valence-corrected chi connectivity index (χ0v) is 8.74. The number of hydrogen-bond acceptors (Lipinski definition) is 2. The molecule has 0 aromatic rings. The van der Waals surface area contributed by atoms with Crippen LogP contribution in [0.25, 0.3) is 0 Å². The van der Waals surface area contributed by atoms with E-state index in [1.807, 2.05) is 0 Å². The summed E-state index contributed by atoms with van der Waals surface area (Å²) in [6.07, 6.45) is 9.06. The minimum Gasteiger partial charge on any atom is -0.282 e. The summed E-state index contributed by atoms with van der Waals surface area (Å²) >= 11 is 0. The second-order valence-corrected chi connectivity index (χ2v) is 4.34. The first-order valence-electron chi connectivity index (χ1n) is 5.52. The molecule has 0 radical (unpaired) electrons. The summed E-state index contributed by atoms with van der Waals surface area (Å²) in [4.78, 5) is 25.1. The van der Waals surface area contributed by atoms with E-state index in [0.717, 1.165) is 25.7 Å². The van der Waals surface area contributed by atoms with Gasteiger partial charge in [0.2, 0.25) is 11.8 Å². The summed E-state index contributed by atoms with van der Waals surface area (Å²) in [6, 6.07) is 0. The second kappa shape index (κ2) is 4.06. The Morgan fingerprint density at radius 1 is 1.27 bits per heavy atom. The lowest BCUT2D eigenvalue weighted by Crippen LogP contribution is -2.46. The van der Waals surface area contributed by atoms with Gasteiger partial charge in [-0.3, -0.25) is 14.5 Å². The van der Waals surface area contributed by atoms with Crippen LogP contribution in [0.4, 0.5) is 0 Å². The average Bonchev–Trinajstić information content (AvgIpc) is 2.67. The lowest BCUT2D eigenvalue weighted by molar-refractivity contribution is -0.152. The Balaban J connectivity index is 2.01. The Morgan fingerprint density at radius 3 is 2.40 bits per heavy atom. The van der Waals surface area contributed by atoms with Crippen LogP contribution < -0.4 is 0 Å². The molecular weight excluding hydrogens is 190 g/mol. The van der Waals surface area contributed by atoms with Crippen LogP contribution in [0.5, 0.6) is 0 Å². The van der Waals surface area contributed by atoms with Crippen molar-refractivity contribution in [1.82, 2.24) is 4.90 Å². The molecule has 2 unspecified atom stereocenters. The fourth-order valence-corrected chi connectivity index (χ4v) is 2.54. The number of amides is 2. The number of likely N-dealkylation sites (tertiary alicyclic amines) is 1. The smallest absolute Gasteiger partial charge is 0.232 e. The highest BCUT2D eigenvalue weighted by Crippen LogP contribution is 2.38. The Labute approximate surface area is 89.8 Å². The largest absolute Gasteiger partial charge is 0.282 e. The number of unbranched alkanes of at least 4 members (excludes halogenated alkanes) is 1. The van der Waals surface area contributed by atoms with Crippen LogP contribution in [-0.4, -0.2) is 23.3 Å².